The van der Waals surface area contributed by atoms with Crippen molar-refractivity contribution >= 4 is 5.97 Å². The Morgan fingerprint density at radius 2 is 1.71 bits per heavy atom. The smallest absolute Gasteiger partial charge is 0.339 e. The fourth-order valence-corrected chi connectivity index (χ4v) is 1.81. The monoisotopic (exact) mass is 294 g/mol. The van der Waals surface area contributed by atoms with Gasteiger partial charge >= 0.3 is 5.97 Å². The van der Waals surface area contributed by atoms with Crippen molar-refractivity contribution in [2.45, 2.75) is 6.61 Å². The molecule has 6 heteroatoms. The molecule has 0 spiro atoms. The van der Waals surface area contributed by atoms with Crippen LogP contribution in [0.3, 0.4) is 0 Å². The Morgan fingerprint density at radius 3 is 2.33 bits per heavy atom. The molecule has 21 heavy (non-hydrogen) atoms. The fourth-order valence-electron chi connectivity index (χ4n) is 1.81. The number of ether oxygens (including phenoxy) is 2. The van der Waals surface area contributed by atoms with E-state index >= 15 is 0 Å². The lowest BCUT2D eigenvalue weighted by molar-refractivity contribution is 0.0691. The van der Waals surface area contributed by atoms with E-state index in [1.807, 2.05) is 0 Å². The molecular formula is C15H12F2O4. The number of benzene rings is 2. The summed E-state index contributed by atoms with van der Waals surface area (Å²) in [6, 6.07) is 7.07. The Balaban J connectivity index is 2.24. The minimum atomic E-state index is -1.31. The highest BCUT2D eigenvalue weighted by Gasteiger charge is 2.14. The van der Waals surface area contributed by atoms with Crippen molar-refractivity contribution in [1.82, 2.24) is 0 Å². The van der Waals surface area contributed by atoms with Gasteiger partial charge in [0.05, 0.1) is 7.11 Å². The third-order valence-corrected chi connectivity index (χ3v) is 2.80. The molecule has 0 aliphatic rings. The Kier molecular flexibility index (Phi) is 4.37. The van der Waals surface area contributed by atoms with Gasteiger partial charge in [0.2, 0.25) is 0 Å². The van der Waals surface area contributed by atoms with Crippen LogP contribution in [-0.4, -0.2) is 18.2 Å². The molecule has 2 rings (SSSR count). The van der Waals surface area contributed by atoms with Crippen molar-refractivity contribution in [3.63, 3.8) is 0 Å². The molecule has 110 valence electrons. The average Bonchev–Trinajstić information content (AvgIpc) is 2.46. The van der Waals surface area contributed by atoms with E-state index in [-0.39, 0.29) is 17.9 Å². The van der Waals surface area contributed by atoms with E-state index in [2.05, 4.69) is 0 Å². The normalized spacial score (nSPS) is 10.2. The van der Waals surface area contributed by atoms with Crippen molar-refractivity contribution in [3.8, 4) is 11.5 Å². The van der Waals surface area contributed by atoms with Crippen LogP contribution in [0.2, 0.25) is 0 Å². The molecule has 0 radical (unpaired) electrons. The molecule has 2 aromatic carbocycles. The second kappa shape index (κ2) is 6.21. The van der Waals surface area contributed by atoms with Gasteiger partial charge in [-0.1, -0.05) is 0 Å². The van der Waals surface area contributed by atoms with Gasteiger partial charge in [-0.2, -0.15) is 0 Å². The first-order valence-corrected chi connectivity index (χ1v) is 5.99. The van der Waals surface area contributed by atoms with Crippen LogP contribution >= 0.6 is 0 Å². The molecule has 0 aliphatic carbocycles. The van der Waals surface area contributed by atoms with E-state index in [0.29, 0.717) is 11.3 Å². The van der Waals surface area contributed by atoms with E-state index in [9.17, 15) is 13.6 Å². The zero-order valence-corrected chi connectivity index (χ0v) is 11.1. The molecule has 0 aromatic heterocycles. The summed E-state index contributed by atoms with van der Waals surface area (Å²) >= 11 is 0. The highest BCUT2D eigenvalue weighted by molar-refractivity contribution is 5.90. The number of hydrogen-bond donors (Lipinski definition) is 1. The number of methoxy groups -OCH3 is 1. The van der Waals surface area contributed by atoms with Crippen LogP contribution in [0, 0.1) is 11.6 Å². The largest absolute Gasteiger partial charge is 0.496 e. The van der Waals surface area contributed by atoms with Crippen LogP contribution in [0.4, 0.5) is 8.78 Å². The number of carbonyl (C=O) groups is 1. The summed E-state index contributed by atoms with van der Waals surface area (Å²) in [4.78, 5) is 11.0. The summed E-state index contributed by atoms with van der Waals surface area (Å²) in [5.74, 6) is -2.05. The standard InChI is InChI=1S/C15H12F2O4/c1-20-13-4-2-10(16)6-9(13)8-21-14-5-3-11(17)7-12(14)15(18)19/h2-7H,8H2,1H3,(H,18,19). The Labute approximate surface area is 119 Å². The maximum absolute atomic E-state index is 13.2. The van der Waals surface area contributed by atoms with E-state index < -0.39 is 17.6 Å². The van der Waals surface area contributed by atoms with Crippen molar-refractivity contribution in [2.24, 2.45) is 0 Å². The quantitative estimate of drug-likeness (QED) is 0.919. The number of carboxylic acid groups (broad SMARTS) is 1. The lowest BCUT2D eigenvalue weighted by Gasteiger charge is -2.12. The summed E-state index contributed by atoms with van der Waals surface area (Å²) < 4.78 is 36.7. The predicted molar refractivity (Wildman–Crippen MR) is 70.6 cm³/mol. The highest BCUT2D eigenvalue weighted by Crippen LogP contribution is 2.24. The molecule has 0 amide bonds. The maximum Gasteiger partial charge on any atom is 0.339 e. The molecule has 0 saturated carbocycles. The summed E-state index contributed by atoms with van der Waals surface area (Å²) in [6.07, 6.45) is 0. The topological polar surface area (TPSA) is 55.8 Å². The predicted octanol–water partition coefficient (Wildman–Crippen LogP) is 3.25. The summed E-state index contributed by atoms with van der Waals surface area (Å²) in [5, 5.41) is 9.00. The number of halogens is 2. The zero-order chi connectivity index (χ0) is 15.4. The first-order valence-electron chi connectivity index (χ1n) is 5.99. The number of carboxylic acids is 1. The van der Waals surface area contributed by atoms with Crippen LogP contribution in [0.5, 0.6) is 11.5 Å². The van der Waals surface area contributed by atoms with Crippen LogP contribution in [0.1, 0.15) is 15.9 Å². The molecule has 0 atom stereocenters. The van der Waals surface area contributed by atoms with E-state index in [1.165, 1.54) is 31.4 Å². The minimum absolute atomic E-state index is 0.00443. The van der Waals surface area contributed by atoms with E-state index in [4.69, 9.17) is 14.6 Å². The van der Waals surface area contributed by atoms with Crippen LogP contribution in [0.25, 0.3) is 0 Å². The average molecular weight is 294 g/mol. The van der Waals surface area contributed by atoms with Crippen LogP contribution in [0.15, 0.2) is 36.4 Å². The molecule has 0 bridgehead atoms. The van der Waals surface area contributed by atoms with Gasteiger partial charge in [-0.05, 0) is 36.4 Å². The molecule has 0 fully saturated rings. The second-order valence-electron chi connectivity index (χ2n) is 4.19. The van der Waals surface area contributed by atoms with Gasteiger partial charge in [-0.15, -0.1) is 0 Å². The second-order valence-corrected chi connectivity index (χ2v) is 4.19. The van der Waals surface area contributed by atoms with E-state index in [0.717, 1.165) is 12.1 Å². The van der Waals surface area contributed by atoms with Gasteiger partial charge in [0.1, 0.15) is 35.3 Å². The third kappa shape index (κ3) is 3.47. The Bertz CT molecular complexity index is 671. The fraction of sp³-hybridized carbons (Fsp3) is 0.133. The molecule has 1 N–H and O–H groups in total. The number of hydrogen-bond acceptors (Lipinski definition) is 3. The van der Waals surface area contributed by atoms with Crippen molar-refractivity contribution in [3.05, 3.63) is 59.2 Å². The summed E-state index contributed by atoms with van der Waals surface area (Å²) in [5.41, 5.74) is 0.114. The molecular weight excluding hydrogens is 282 g/mol. The van der Waals surface area contributed by atoms with Gasteiger partial charge in [-0.3, -0.25) is 0 Å². The Hall–Kier alpha value is -2.63. The van der Waals surface area contributed by atoms with E-state index in [1.54, 1.807) is 0 Å². The molecule has 0 heterocycles. The summed E-state index contributed by atoms with van der Waals surface area (Å²) in [6.45, 7) is -0.104. The number of rotatable bonds is 5. The molecule has 0 saturated heterocycles. The molecule has 4 nitrogen and oxygen atoms in total. The van der Waals surface area contributed by atoms with Crippen molar-refractivity contribution in [1.29, 1.82) is 0 Å². The van der Waals surface area contributed by atoms with Gasteiger partial charge in [0.25, 0.3) is 0 Å². The van der Waals surface area contributed by atoms with Gasteiger partial charge in [0.15, 0.2) is 0 Å². The van der Waals surface area contributed by atoms with Gasteiger partial charge < -0.3 is 14.6 Å². The molecule has 0 unspecified atom stereocenters. The van der Waals surface area contributed by atoms with Gasteiger partial charge in [0, 0.05) is 5.56 Å². The van der Waals surface area contributed by atoms with Crippen molar-refractivity contribution in [2.75, 3.05) is 7.11 Å². The minimum Gasteiger partial charge on any atom is -0.496 e. The van der Waals surface area contributed by atoms with Crippen LogP contribution in [-0.2, 0) is 6.61 Å². The lowest BCUT2D eigenvalue weighted by atomic mass is 10.2. The van der Waals surface area contributed by atoms with Gasteiger partial charge in [-0.25, -0.2) is 13.6 Å². The third-order valence-electron chi connectivity index (χ3n) is 2.80. The molecule has 0 aliphatic heterocycles. The first-order chi connectivity index (χ1) is 10.0. The Morgan fingerprint density at radius 1 is 1.10 bits per heavy atom. The summed E-state index contributed by atoms with van der Waals surface area (Å²) in [7, 11) is 1.43. The highest BCUT2D eigenvalue weighted by atomic mass is 19.1. The lowest BCUT2D eigenvalue weighted by Crippen LogP contribution is -2.05. The number of aromatic carboxylic acids is 1. The van der Waals surface area contributed by atoms with Crippen LogP contribution < -0.4 is 9.47 Å². The SMILES string of the molecule is COc1ccc(F)cc1COc1ccc(F)cc1C(=O)O. The molecule has 2 aromatic rings. The first kappa shape index (κ1) is 14.8. The van der Waals surface area contributed by atoms with Crippen molar-refractivity contribution < 1.29 is 28.2 Å². The zero-order valence-electron chi connectivity index (χ0n) is 11.1. The maximum atomic E-state index is 13.2.